The van der Waals surface area contributed by atoms with Crippen molar-refractivity contribution in [1.82, 2.24) is 4.98 Å². The number of nitrogens with one attached hydrogen (secondary N) is 1. The summed E-state index contributed by atoms with van der Waals surface area (Å²) in [5, 5.41) is 0. The van der Waals surface area contributed by atoms with Gasteiger partial charge in [0.15, 0.2) is 11.3 Å². The van der Waals surface area contributed by atoms with Crippen molar-refractivity contribution in [2.45, 2.75) is 32.2 Å². The molecule has 0 radical (unpaired) electrons. The zero-order valence-electron chi connectivity index (χ0n) is 9.36. The van der Waals surface area contributed by atoms with Crippen molar-refractivity contribution < 1.29 is 13.3 Å². The number of hydrogen-bond donors (Lipinski definition) is 1. The monoisotopic (exact) mass is 349 g/mol. The van der Waals surface area contributed by atoms with Gasteiger partial charge in [-0.3, -0.25) is 0 Å². The molecule has 1 aliphatic carbocycles. The first-order valence-corrected chi connectivity index (χ1v) is 6.80. The van der Waals surface area contributed by atoms with Crippen molar-refractivity contribution in [3.05, 3.63) is 27.1 Å². The zero-order valence-corrected chi connectivity index (χ0v) is 11.5. The number of aromatic amines is 1. The molecule has 90 valence electrons. The van der Waals surface area contributed by atoms with E-state index in [0.29, 0.717) is 23.5 Å². The molecule has 1 N–H and O–H groups in total. The van der Waals surface area contributed by atoms with E-state index in [0.717, 1.165) is 18.7 Å². The molecule has 0 saturated heterocycles. The largest absolute Gasteiger partial charge is 0.258 e. The number of hydrogen-bond acceptors (Lipinski definition) is 0. The van der Waals surface area contributed by atoms with Gasteiger partial charge in [-0.1, -0.05) is 0 Å². The van der Waals surface area contributed by atoms with E-state index in [2.05, 4.69) is 4.98 Å². The lowest BCUT2D eigenvalue weighted by Crippen LogP contribution is -2.36. The fourth-order valence-corrected chi connectivity index (χ4v) is 2.69. The van der Waals surface area contributed by atoms with Crippen LogP contribution in [0.5, 0.6) is 0 Å². The number of aromatic nitrogens is 2. The Balaban J connectivity index is 2.36. The molecule has 1 aromatic carbocycles. The minimum atomic E-state index is -0.498. The molecule has 17 heavy (non-hydrogen) atoms. The number of fused-ring (bicyclic) bond motifs is 1. The van der Waals surface area contributed by atoms with E-state index < -0.39 is 11.6 Å². The van der Waals surface area contributed by atoms with Gasteiger partial charge in [0.2, 0.25) is 5.52 Å². The second-order valence-corrected chi connectivity index (χ2v) is 5.49. The van der Waals surface area contributed by atoms with Crippen LogP contribution in [-0.4, -0.2) is 4.98 Å². The summed E-state index contributed by atoms with van der Waals surface area (Å²) in [5.41, 5.74) is 1.06. The third kappa shape index (κ3) is 1.66. The Hall–Kier alpha value is -0.720. The number of imidazole rings is 1. The lowest BCUT2D eigenvalue weighted by Gasteiger charge is -1.99. The summed E-state index contributed by atoms with van der Waals surface area (Å²) in [4.78, 5) is 3.17. The zero-order chi connectivity index (χ0) is 12.2. The number of aryl methyl sites for hydroxylation is 1. The highest BCUT2D eigenvalue weighted by Crippen LogP contribution is 2.38. The number of H-pyrrole nitrogens is 1. The minimum Gasteiger partial charge on any atom is -0.240 e. The molecule has 1 saturated carbocycles. The van der Waals surface area contributed by atoms with Gasteiger partial charge < -0.3 is 0 Å². The van der Waals surface area contributed by atoms with E-state index in [4.69, 9.17) is 0 Å². The molecule has 0 unspecified atom stereocenters. The summed E-state index contributed by atoms with van der Waals surface area (Å²) in [7, 11) is 0. The molecule has 1 aromatic heterocycles. The van der Waals surface area contributed by atoms with Gasteiger partial charge in [0, 0.05) is 6.07 Å². The number of benzene rings is 1. The van der Waals surface area contributed by atoms with Gasteiger partial charge in [-0.2, -0.15) is 0 Å². The molecule has 1 heterocycles. The second kappa shape index (κ2) is 3.90. The van der Waals surface area contributed by atoms with Gasteiger partial charge in [-0.05, 0) is 42.4 Å². The first kappa shape index (κ1) is 11.4. The lowest BCUT2D eigenvalue weighted by molar-refractivity contribution is -0.676. The molecule has 0 spiro atoms. The van der Waals surface area contributed by atoms with E-state index in [-0.39, 0.29) is 3.57 Å². The Bertz CT molecular complexity index is 602. The third-order valence-electron chi connectivity index (χ3n) is 3.24. The molecule has 1 aliphatic rings. The fourth-order valence-electron chi connectivity index (χ4n) is 2.28. The third-order valence-corrected chi connectivity index (χ3v) is 4.23. The molecule has 1 fully saturated rings. The van der Waals surface area contributed by atoms with Gasteiger partial charge in [-0.25, -0.2) is 18.3 Å². The predicted molar refractivity (Wildman–Crippen MR) is 68.8 cm³/mol. The summed E-state index contributed by atoms with van der Waals surface area (Å²) < 4.78 is 29.6. The second-order valence-electron chi connectivity index (χ2n) is 4.41. The normalized spacial score (nSPS) is 15.8. The highest BCUT2D eigenvalue weighted by Gasteiger charge is 2.36. The topological polar surface area (TPSA) is 19.7 Å². The van der Waals surface area contributed by atoms with E-state index >= 15 is 0 Å². The summed E-state index contributed by atoms with van der Waals surface area (Å²) in [6.07, 6.45) is 2.27. The Morgan fingerprint density at radius 1 is 1.47 bits per heavy atom. The molecule has 3 rings (SSSR count). The molecular weight excluding hydrogens is 337 g/mol. The fraction of sp³-hybridized carbons (Fsp3) is 0.417. The van der Waals surface area contributed by atoms with Gasteiger partial charge in [0.1, 0.15) is 5.82 Å². The Morgan fingerprint density at radius 3 is 2.76 bits per heavy atom. The van der Waals surface area contributed by atoms with Crippen LogP contribution in [0.1, 0.15) is 31.5 Å². The van der Waals surface area contributed by atoms with E-state index in [1.807, 2.05) is 11.5 Å². The lowest BCUT2D eigenvalue weighted by atomic mass is 10.3. The molecule has 0 amide bonds. The van der Waals surface area contributed by atoms with Crippen LogP contribution in [0, 0.1) is 15.2 Å². The van der Waals surface area contributed by atoms with E-state index in [1.165, 1.54) is 6.07 Å². The van der Waals surface area contributed by atoms with Gasteiger partial charge in [0.25, 0.3) is 5.82 Å². The van der Waals surface area contributed by atoms with Gasteiger partial charge in [-0.15, -0.1) is 0 Å². The van der Waals surface area contributed by atoms with Crippen molar-refractivity contribution >= 4 is 33.6 Å². The van der Waals surface area contributed by atoms with Crippen LogP contribution in [0.15, 0.2) is 6.07 Å². The molecule has 2 aromatic rings. The Labute approximate surface area is 111 Å². The van der Waals surface area contributed by atoms with Crippen LogP contribution in [0.2, 0.25) is 0 Å². The minimum absolute atomic E-state index is 0.0682. The molecule has 5 heteroatoms. The van der Waals surface area contributed by atoms with Crippen LogP contribution in [0.3, 0.4) is 0 Å². The number of nitrogens with zero attached hydrogens (tertiary/aromatic N) is 1. The Kier molecular flexibility index (Phi) is 2.61. The van der Waals surface area contributed by atoms with E-state index in [1.54, 1.807) is 22.6 Å². The van der Waals surface area contributed by atoms with E-state index in [9.17, 15) is 8.78 Å². The summed E-state index contributed by atoms with van der Waals surface area (Å²) in [5.74, 6) is 0.568. The molecular formula is C12H12F2IN2+. The van der Waals surface area contributed by atoms with Gasteiger partial charge in [0.05, 0.1) is 16.0 Å². The van der Waals surface area contributed by atoms with Crippen LogP contribution in [0.25, 0.3) is 11.0 Å². The first-order chi connectivity index (χ1) is 8.13. The quantitative estimate of drug-likeness (QED) is 0.488. The van der Waals surface area contributed by atoms with Crippen molar-refractivity contribution in [2.24, 2.45) is 0 Å². The average molecular weight is 349 g/mol. The van der Waals surface area contributed by atoms with Crippen LogP contribution in [0.4, 0.5) is 8.78 Å². The SMILES string of the molecule is CC[n+]1c(C2CC2)[nH]c2cc(F)c(I)c(F)c21. The van der Waals surface area contributed by atoms with Crippen molar-refractivity contribution in [2.75, 3.05) is 0 Å². The van der Waals surface area contributed by atoms with Crippen molar-refractivity contribution in [3.63, 3.8) is 0 Å². The van der Waals surface area contributed by atoms with Crippen LogP contribution >= 0.6 is 22.6 Å². The maximum absolute atomic E-state index is 14.1. The summed E-state index contributed by atoms with van der Waals surface area (Å²) >= 11 is 1.71. The summed E-state index contributed by atoms with van der Waals surface area (Å²) in [6, 6.07) is 1.39. The van der Waals surface area contributed by atoms with Crippen molar-refractivity contribution in [1.29, 1.82) is 0 Å². The average Bonchev–Trinajstić information content (AvgIpc) is 3.08. The molecule has 2 nitrogen and oxygen atoms in total. The Morgan fingerprint density at radius 2 is 2.18 bits per heavy atom. The maximum atomic E-state index is 14.1. The highest BCUT2D eigenvalue weighted by atomic mass is 127. The standard InChI is InChI=1S/C12H11F2IN2/c1-2-17-11-8(16-12(17)6-3-4-6)5-7(13)10(15)9(11)14/h5-6H,2-4H2,1H3/p+1. The maximum Gasteiger partial charge on any atom is 0.258 e. The van der Waals surface area contributed by atoms with Crippen molar-refractivity contribution in [3.8, 4) is 0 Å². The summed E-state index contributed by atoms with van der Waals surface area (Å²) in [6.45, 7) is 2.68. The number of rotatable bonds is 2. The molecule has 0 aliphatic heterocycles. The smallest absolute Gasteiger partial charge is 0.240 e. The van der Waals surface area contributed by atoms with Crippen LogP contribution < -0.4 is 4.57 Å². The molecule has 0 bridgehead atoms. The predicted octanol–water partition coefficient (Wildman–Crippen LogP) is 3.24. The number of halogens is 3. The molecule has 0 atom stereocenters. The van der Waals surface area contributed by atoms with Gasteiger partial charge >= 0.3 is 0 Å². The first-order valence-electron chi connectivity index (χ1n) is 5.72. The highest BCUT2D eigenvalue weighted by molar-refractivity contribution is 14.1. The van der Waals surface area contributed by atoms with Crippen LogP contribution in [-0.2, 0) is 6.54 Å².